The lowest BCUT2D eigenvalue weighted by atomic mass is 10.2. The molecule has 0 spiro atoms. The summed E-state index contributed by atoms with van der Waals surface area (Å²) < 4.78 is 6.85. The van der Waals surface area contributed by atoms with Gasteiger partial charge < -0.3 is 15.4 Å². The zero-order valence-electron chi connectivity index (χ0n) is 16.2. The first-order valence-corrected chi connectivity index (χ1v) is 9.24. The number of benzene rings is 2. The van der Waals surface area contributed by atoms with Crippen LogP contribution in [0.4, 0.5) is 0 Å². The Hall–Kier alpha value is -3.19. The second-order valence-corrected chi connectivity index (χ2v) is 6.49. The van der Waals surface area contributed by atoms with Gasteiger partial charge in [-0.2, -0.15) is 0 Å². The second kappa shape index (κ2) is 9.14. The molecule has 0 unspecified atom stereocenters. The van der Waals surface area contributed by atoms with E-state index in [-0.39, 0.29) is 5.91 Å². The summed E-state index contributed by atoms with van der Waals surface area (Å²) in [7, 11) is 1.62. The highest BCUT2D eigenvalue weighted by atomic mass is 16.5. The normalized spacial score (nSPS) is 10.7. The molecule has 0 fully saturated rings. The Morgan fingerprint density at radius 3 is 2.50 bits per heavy atom. The maximum atomic E-state index is 13.2. The average molecular weight is 379 g/mol. The van der Waals surface area contributed by atoms with Gasteiger partial charge in [0.25, 0.3) is 5.91 Å². The van der Waals surface area contributed by atoms with Crippen molar-refractivity contribution in [3.05, 3.63) is 71.5 Å². The predicted molar refractivity (Wildman–Crippen MR) is 108 cm³/mol. The maximum absolute atomic E-state index is 13.2. The molecule has 1 aromatic heterocycles. The number of hydrogen-bond donors (Lipinski definition) is 1. The van der Waals surface area contributed by atoms with E-state index in [4.69, 9.17) is 10.5 Å². The number of nitrogens with zero attached hydrogens (tertiary/aromatic N) is 4. The molecule has 146 valence electrons. The van der Waals surface area contributed by atoms with Crippen LogP contribution in [0.15, 0.2) is 54.6 Å². The minimum atomic E-state index is -0.144. The zero-order chi connectivity index (χ0) is 19.9. The van der Waals surface area contributed by atoms with E-state index in [1.54, 1.807) is 16.7 Å². The lowest BCUT2D eigenvalue weighted by Gasteiger charge is -2.22. The Morgan fingerprint density at radius 1 is 1.14 bits per heavy atom. The third-order valence-corrected chi connectivity index (χ3v) is 4.55. The predicted octanol–water partition coefficient (Wildman–Crippen LogP) is 2.58. The molecule has 7 nitrogen and oxygen atoms in total. The van der Waals surface area contributed by atoms with Crippen LogP contribution in [-0.4, -0.2) is 46.0 Å². The van der Waals surface area contributed by atoms with Crippen LogP contribution in [0.1, 0.15) is 28.2 Å². The van der Waals surface area contributed by atoms with Crippen LogP contribution in [0.3, 0.4) is 0 Å². The highest BCUT2D eigenvalue weighted by molar-refractivity contribution is 5.93. The molecule has 0 aliphatic rings. The summed E-state index contributed by atoms with van der Waals surface area (Å²) in [6, 6.07) is 17.4. The van der Waals surface area contributed by atoms with E-state index in [9.17, 15) is 4.79 Å². The van der Waals surface area contributed by atoms with Crippen LogP contribution in [0, 0.1) is 6.92 Å². The number of nitrogens with two attached hydrogens (primary N) is 1. The van der Waals surface area contributed by atoms with Crippen molar-refractivity contribution in [2.75, 3.05) is 20.2 Å². The largest absolute Gasteiger partial charge is 0.497 e. The molecule has 3 aromatic rings. The molecule has 3 rings (SSSR count). The molecular weight excluding hydrogens is 354 g/mol. The van der Waals surface area contributed by atoms with Crippen molar-refractivity contribution in [3.63, 3.8) is 0 Å². The lowest BCUT2D eigenvalue weighted by Crippen LogP contribution is -2.33. The van der Waals surface area contributed by atoms with E-state index >= 15 is 0 Å². The fraction of sp³-hybridized carbons (Fsp3) is 0.286. The van der Waals surface area contributed by atoms with Crippen molar-refractivity contribution < 1.29 is 9.53 Å². The van der Waals surface area contributed by atoms with Crippen LogP contribution < -0.4 is 10.5 Å². The first-order valence-electron chi connectivity index (χ1n) is 9.24. The Kier molecular flexibility index (Phi) is 6.39. The fourth-order valence-corrected chi connectivity index (χ4v) is 2.98. The van der Waals surface area contributed by atoms with Gasteiger partial charge in [-0.1, -0.05) is 35.5 Å². The number of rotatable bonds is 8. The highest BCUT2D eigenvalue weighted by Gasteiger charge is 2.23. The van der Waals surface area contributed by atoms with Crippen molar-refractivity contribution in [1.29, 1.82) is 0 Å². The van der Waals surface area contributed by atoms with Gasteiger partial charge in [0.2, 0.25) is 0 Å². The van der Waals surface area contributed by atoms with Gasteiger partial charge in [-0.3, -0.25) is 4.79 Å². The fourth-order valence-electron chi connectivity index (χ4n) is 2.98. The number of hydrogen-bond acceptors (Lipinski definition) is 5. The van der Waals surface area contributed by atoms with Crippen molar-refractivity contribution in [3.8, 4) is 11.4 Å². The molecule has 0 bridgehead atoms. The maximum Gasteiger partial charge on any atom is 0.276 e. The summed E-state index contributed by atoms with van der Waals surface area (Å²) in [4.78, 5) is 14.9. The van der Waals surface area contributed by atoms with E-state index in [1.807, 2.05) is 61.5 Å². The zero-order valence-corrected chi connectivity index (χ0v) is 16.2. The number of ether oxygens (including phenoxy) is 1. The SMILES string of the molecule is COc1ccc(-n2nnc(C(=O)N(CCCN)Cc3ccccc3)c2C)cc1. The Balaban J connectivity index is 1.85. The summed E-state index contributed by atoms with van der Waals surface area (Å²) in [5.74, 6) is 0.614. The van der Waals surface area contributed by atoms with E-state index in [0.29, 0.717) is 31.0 Å². The van der Waals surface area contributed by atoms with Gasteiger partial charge in [-0.25, -0.2) is 4.68 Å². The van der Waals surface area contributed by atoms with Crippen LogP contribution in [0.25, 0.3) is 5.69 Å². The standard InChI is InChI=1S/C21H25N5O2/c1-16-20(23-24-26(16)18-9-11-19(28-2)12-10-18)21(27)25(14-6-13-22)15-17-7-4-3-5-8-17/h3-5,7-12H,6,13-15,22H2,1-2H3. The van der Waals surface area contributed by atoms with Gasteiger partial charge >= 0.3 is 0 Å². The van der Waals surface area contributed by atoms with Crippen molar-refractivity contribution in [1.82, 2.24) is 19.9 Å². The number of carbonyl (C=O) groups is 1. The van der Waals surface area contributed by atoms with Crippen LogP contribution >= 0.6 is 0 Å². The average Bonchev–Trinajstić information content (AvgIpc) is 3.12. The monoisotopic (exact) mass is 379 g/mol. The third kappa shape index (κ3) is 4.37. The number of amides is 1. The van der Waals surface area contributed by atoms with Gasteiger partial charge in [0.1, 0.15) is 5.75 Å². The van der Waals surface area contributed by atoms with Gasteiger partial charge in [-0.05, 0) is 49.7 Å². The molecule has 2 aromatic carbocycles. The quantitative estimate of drug-likeness (QED) is 0.650. The molecule has 28 heavy (non-hydrogen) atoms. The van der Waals surface area contributed by atoms with E-state index < -0.39 is 0 Å². The summed E-state index contributed by atoms with van der Waals surface area (Å²) in [5, 5.41) is 8.35. The van der Waals surface area contributed by atoms with Crippen molar-refractivity contribution in [2.45, 2.75) is 19.9 Å². The van der Waals surface area contributed by atoms with Gasteiger partial charge in [-0.15, -0.1) is 5.10 Å². The minimum Gasteiger partial charge on any atom is -0.497 e. The van der Waals surface area contributed by atoms with Crippen LogP contribution in [0.5, 0.6) is 5.75 Å². The Bertz CT molecular complexity index is 906. The summed E-state index contributed by atoms with van der Waals surface area (Å²) in [6.45, 7) is 3.45. The van der Waals surface area contributed by atoms with E-state index in [0.717, 1.165) is 23.4 Å². The molecule has 0 saturated carbocycles. The Morgan fingerprint density at radius 2 is 1.86 bits per heavy atom. The van der Waals surface area contributed by atoms with Gasteiger partial charge in [0, 0.05) is 13.1 Å². The number of carbonyl (C=O) groups excluding carboxylic acids is 1. The minimum absolute atomic E-state index is 0.144. The number of methoxy groups -OCH3 is 1. The molecule has 1 heterocycles. The molecule has 1 amide bonds. The van der Waals surface area contributed by atoms with Gasteiger partial charge in [0.15, 0.2) is 5.69 Å². The molecule has 0 radical (unpaired) electrons. The van der Waals surface area contributed by atoms with Crippen molar-refractivity contribution in [2.24, 2.45) is 5.73 Å². The smallest absolute Gasteiger partial charge is 0.276 e. The van der Waals surface area contributed by atoms with Crippen LogP contribution in [-0.2, 0) is 6.54 Å². The van der Waals surface area contributed by atoms with Gasteiger partial charge in [0.05, 0.1) is 18.5 Å². The molecule has 7 heteroatoms. The molecule has 0 aliphatic heterocycles. The first-order chi connectivity index (χ1) is 13.6. The van der Waals surface area contributed by atoms with E-state index in [1.165, 1.54) is 0 Å². The summed E-state index contributed by atoms with van der Waals surface area (Å²) in [6.07, 6.45) is 0.726. The van der Waals surface area contributed by atoms with E-state index in [2.05, 4.69) is 10.3 Å². The summed E-state index contributed by atoms with van der Waals surface area (Å²) in [5.41, 5.74) is 8.59. The lowest BCUT2D eigenvalue weighted by molar-refractivity contribution is 0.0735. The highest BCUT2D eigenvalue weighted by Crippen LogP contribution is 2.18. The molecule has 2 N–H and O–H groups in total. The molecule has 0 atom stereocenters. The number of aromatic nitrogens is 3. The van der Waals surface area contributed by atoms with Crippen molar-refractivity contribution >= 4 is 5.91 Å². The summed E-state index contributed by atoms with van der Waals surface area (Å²) >= 11 is 0. The molecular formula is C21H25N5O2. The first kappa shape index (κ1) is 19.6. The van der Waals surface area contributed by atoms with Crippen LogP contribution in [0.2, 0.25) is 0 Å². The topological polar surface area (TPSA) is 86.3 Å². The Labute approximate surface area is 164 Å². The molecule has 0 aliphatic carbocycles. The molecule has 0 saturated heterocycles. The third-order valence-electron chi connectivity index (χ3n) is 4.55. The second-order valence-electron chi connectivity index (χ2n) is 6.49.